The van der Waals surface area contributed by atoms with Crippen molar-refractivity contribution in [3.8, 4) is 6.07 Å². The molecule has 4 N–H and O–H groups in total. The molecule has 1 unspecified atom stereocenters. The van der Waals surface area contributed by atoms with Crippen LogP contribution in [0.4, 0.5) is 5.69 Å². The van der Waals surface area contributed by atoms with Gasteiger partial charge in [0.1, 0.15) is 6.04 Å². The van der Waals surface area contributed by atoms with Crippen LogP contribution < -0.4 is 16.4 Å². The first kappa shape index (κ1) is 19.0. The van der Waals surface area contributed by atoms with Crippen LogP contribution in [0.15, 0.2) is 24.3 Å². The molecule has 3 aliphatic heterocycles. The van der Waals surface area contributed by atoms with Crippen LogP contribution in [0.2, 0.25) is 0 Å². The summed E-state index contributed by atoms with van der Waals surface area (Å²) < 4.78 is 0. The van der Waals surface area contributed by atoms with E-state index >= 15 is 0 Å². The van der Waals surface area contributed by atoms with Crippen molar-refractivity contribution in [3.05, 3.63) is 29.8 Å². The van der Waals surface area contributed by atoms with E-state index in [0.29, 0.717) is 30.1 Å². The maximum atomic E-state index is 13.1. The lowest BCUT2D eigenvalue weighted by Crippen LogP contribution is -2.57. The van der Waals surface area contributed by atoms with Gasteiger partial charge in [-0.3, -0.25) is 19.3 Å². The van der Waals surface area contributed by atoms with Crippen molar-refractivity contribution in [2.45, 2.75) is 49.5 Å². The van der Waals surface area contributed by atoms with Crippen LogP contribution in [-0.4, -0.2) is 70.8 Å². The predicted octanol–water partition coefficient (Wildman–Crippen LogP) is -0.585. The van der Waals surface area contributed by atoms with Gasteiger partial charge in [0.15, 0.2) is 0 Å². The molecule has 4 aliphatic rings. The molecule has 1 aromatic rings. The Kier molecular flexibility index (Phi) is 4.31. The number of carbonyl (C=O) groups is 3. The highest BCUT2D eigenvalue weighted by Gasteiger charge is 2.56. The third-order valence-corrected chi connectivity index (χ3v) is 6.95. The zero-order valence-corrected chi connectivity index (χ0v) is 16.5. The second-order valence-corrected chi connectivity index (χ2v) is 8.74. The number of likely N-dealkylation sites (tertiary alicyclic amines) is 2. The number of piperazine rings is 1. The van der Waals surface area contributed by atoms with Gasteiger partial charge in [0.2, 0.25) is 11.8 Å². The summed E-state index contributed by atoms with van der Waals surface area (Å²) in [5.41, 5.74) is 12.6. The van der Waals surface area contributed by atoms with E-state index in [4.69, 9.17) is 11.5 Å². The van der Waals surface area contributed by atoms with Crippen molar-refractivity contribution in [1.29, 1.82) is 5.26 Å². The van der Waals surface area contributed by atoms with Crippen molar-refractivity contribution < 1.29 is 14.4 Å². The molecular formula is C21H24N6O3. The molecule has 1 saturated carbocycles. The van der Waals surface area contributed by atoms with Gasteiger partial charge in [-0.15, -0.1) is 0 Å². The minimum absolute atomic E-state index is 0.0863. The van der Waals surface area contributed by atoms with E-state index in [1.54, 1.807) is 34.1 Å². The summed E-state index contributed by atoms with van der Waals surface area (Å²) in [6.45, 7) is 0.862. The quantitative estimate of drug-likeness (QED) is 0.668. The lowest BCUT2D eigenvalue weighted by atomic mass is 10.1. The second kappa shape index (κ2) is 6.79. The average molecular weight is 408 g/mol. The first-order valence-electron chi connectivity index (χ1n) is 10.3. The molecule has 1 aromatic carbocycles. The molecule has 1 aliphatic carbocycles. The van der Waals surface area contributed by atoms with Crippen molar-refractivity contribution in [2.24, 2.45) is 17.4 Å². The topological polar surface area (TPSA) is 137 Å². The summed E-state index contributed by atoms with van der Waals surface area (Å²) in [7, 11) is 0. The highest BCUT2D eigenvalue weighted by molar-refractivity contribution is 6.07. The van der Waals surface area contributed by atoms with Gasteiger partial charge in [-0.25, -0.2) is 0 Å². The maximum absolute atomic E-state index is 13.1. The smallest absolute Gasteiger partial charge is 0.250 e. The molecule has 5 rings (SSSR count). The minimum atomic E-state index is -0.765. The number of carbonyl (C=O) groups excluding carboxylic acids is 3. The lowest BCUT2D eigenvalue weighted by Gasteiger charge is -2.36. The molecule has 0 aromatic heterocycles. The standard InChI is InChI=1S/C21H24N6O3/c22-8-12-5-11-6-17(11)26(12)20(29)15(23)10-25-9-13-7-18(25)21(30)27(13)16-4-2-1-3-14(16)19(24)28/h1-4,11-13,15,17-18H,5-7,9-10,23H2,(H2,24,28)/t11-,12+,13-,15+,17?,18-/m1/s1. The number of para-hydroxylation sites is 1. The predicted molar refractivity (Wildman–Crippen MR) is 107 cm³/mol. The molecule has 3 amide bonds. The Morgan fingerprint density at radius 1 is 1.23 bits per heavy atom. The summed E-state index contributed by atoms with van der Waals surface area (Å²) in [5.74, 6) is -0.425. The zero-order chi connectivity index (χ0) is 21.2. The van der Waals surface area contributed by atoms with Crippen LogP contribution in [0, 0.1) is 17.2 Å². The third-order valence-electron chi connectivity index (χ3n) is 6.95. The van der Waals surface area contributed by atoms with E-state index in [0.717, 1.165) is 12.8 Å². The van der Waals surface area contributed by atoms with Gasteiger partial charge in [-0.05, 0) is 37.3 Å². The molecule has 30 heavy (non-hydrogen) atoms. The Morgan fingerprint density at radius 3 is 2.70 bits per heavy atom. The minimum Gasteiger partial charge on any atom is -0.366 e. The van der Waals surface area contributed by atoms with Crippen LogP contribution in [0.25, 0.3) is 0 Å². The van der Waals surface area contributed by atoms with Crippen LogP contribution in [-0.2, 0) is 9.59 Å². The fourth-order valence-corrected chi connectivity index (χ4v) is 5.48. The molecule has 6 atom stereocenters. The summed E-state index contributed by atoms with van der Waals surface area (Å²) in [6, 6.07) is 7.62. The van der Waals surface area contributed by atoms with Crippen molar-refractivity contribution in [1.82, 2.24) is 9.80 Å². The van der Waals surface area contributed by atoms with Crippen LogP contribution >= 0.6 is 0 Å². The average Bonchev–Trinajstić information content (AvgIpc) is 3.07. The monoisotopic (exact) mass is 408 g/mol. The molecule has 0 spiro atoms. The fraction of sp³-hybridized carbons (Fsp3) is 0.524. The molecule has 3 saturated heterocycles. The lowest BCUT2D eigenvalue weighted by molar-refractivity contribution is -0.135. The number of amides is 3. The molecule has 3 heterocycles. The molecule has 156 valence electrons. The number of benzene rings is 1. The normalized spacial score (nSPS) is 32.8. The summed E-state index contributed by atoms with van der Waals surface area (Å²) in [5, 5.41) is 9.33. The number of nitriles is 1. The first-order chi connectivity index (χ1) is 14.4. The Morgan fingerprint density at radius 2 is 2.00 bits per heavy atom. The molecule has 9 heteroatoms. The largest absolute Gasteiger partial charge is 0.366 e. The highest BCUT2D eigenvalue weighted by Crippen LogP contribution is 2.47. The number of primary amides is 1. The summed E-state index contributed by atoms with van der Waals surface area (Å²) in [6.07, 6.45) is 2.32. The van der Waals surface area contributed by atoms with Crippen LogP contribution in [0.5, 0.6) is 0 Å². The van der Waals surface area contributed by atoms with Crippen molar-refractivity contribution >= 4 is 23.4 Å². The fourth-order valence-electron chi connectivity index (χ4n) is 5.48. The van der Waals surface area contributed by atoms with Gasteiger partial charge >= 0.3 is 0 Å². The summed E-state index contributed by atoms with van der Waals surface area (Å²) >= 11 is 0. The SMILES string of the molecule is N#C[C@@H]1C[C@@H]2CC2N1C(=O)[C@@H](N)CN1C[C@H]2C[C@@H]1C(=O)N2c1ccccc1C(N)=O. The van der Waals surface area contributed by atoms with Gasteiger partial charge in [-0.1, -0.05) is 12.1 Å². The Hall–Kier alpha value is -2.96. The Labute approximate surface area is 174 Å². The van der Waals surface area contributed by atoms with E-state index in [-0.39, 0.29) is 42.5 Å². The summed E-state index contributed by atoms with van der Waals surface area (Å²) in [4.78, 5) is 43.0. The van der Waals surface area contributed by atoms with E-state index in [9.17, 15) is 19.6 Å². The van der Waals surface area contributed by atoms with Crippen molar-refractivity contribution in [3.63, 3.8) is 0 Å². The number of nitrogens with two attached hydrogens (primary N) is 2. The zero-order valence-electron chi connectivity index (χ0n) is 16.5. The first-order valence-corrected chi connectivity index (χ1v) is 10.3. The number of nitrogens with zero attached hydrogens (tertiary/aromatic N) is 4. The van der Waals surface area contributed by atoms with Gasteiger partial charge in [0.05, 0.1) is 35.4 Å². The number of hydrogen-bond donors (Lipinski definition) is 2. The maximum Gasteiger partial charge on any atom is 0.250 e. The molecule has 0 radical (unpaired) electrons. The number of rotatable bonds is 5. The van der Waals surface area contributed by atoms with E-state index < -0.39 is 11.9 Å². The van der Waals surface area contributed by atoms with Gasteiger partial charge < -0.3 is 21.3 Å². The highest BCUT2D eigenvalue weighted by atomic mass is 16.2. The van der Waals surface area contributed by atoms with Crippen LogP contribution in [0.3, 0.4) is 0 Å². The second-order valence-electron chi connectivity index (χ2n) is 8.74. The van der Waals surface area contributed by atoms with E-state index in [2.05, 4.69) is 6.07 Å². The van der Waals surface area contributed by atoms with Gasteiger partial charge in [-0.2, -0.15) is 5.26 Å². The molecule has 9 nitrogen and oxygen atoms in total. The van der Waals surface area contributed by atoms with Crippen molar-refractivity contribution in [2.75, 3.05) is 18.0 Å². The Balaban J connectivity index is 1.28. The van der Waals surface area contributed by atoms with Gasteiger partial charge in [0, 0.05) is 19.1 Å². The van der Waals surface area contributed by atoms with Gasteiger partial charge in [0.25, 0.3) is 5.91 Å². The molecule has 4 fully saturated rings. The number of piperidine rings is 1. The number of hydrogen-bond acceptors (Lipinski definition) is 6. The van der Waals surface area contributed by atoms with E-state index in [1.807, 2.05) is 4.90 Å². The molecular weight excluding hydrogens is 384 g/mol. The number of fused-ring (bicyclic) bond motifs is 3. The molecule has 2 bridgehead atoms. The van der Waals surface area contributed by atoms with E-state index in [1.165, 1.54) is 0 Å². The number of anilines is 1. The van der Waals surface area contributed by atoms with Crippen LogP contribution in [0.1, 0.15) is 29.6 Å². The third kappa shape index (κ3) is 2.79. The Bertz CT molecular complexity index is 974.